The molecule has 12 heteroatoms. The lowest BCUT2D eigenvalue weighted by Gasteiger charge is -2.41. The lowest BCUT2D eigenvalue weighted by Crippen LogP contribution is -2.54. The summed E-state index contributed by atoms with van der Waals surface area (Å²) in [5.41, 5.74) is 0. The topological polar surface area (TPSA) is 114 Å². The Morgan fingerprint density at radius 2 is 1.60 bits per heavy atom. The molecule has 5 heterocycles. The van der Waals surface area contributed by atoms with E-state index in [2.05, 4.69) is 31.6 Å². The smallest absolute Gasteiger partial charge is 0.317 e. The largest absolute Gasteiger partial charge is 0.358 e. The van der Waals surface area contributed by atoms with Gasteiger partial charge in [-0.3, -0.25) is 9.59 Å². The van der Waals surface area contributed by atoms with E-state index >= 15 is 0 Å². The molecule has 1 atom stereocenters. The number of nitrogens with zero attached hydrogens (tertiary/aromatic N) is 6. The number of rotatable bonds is 7. The van der Waals surface area contributed by atoms with Crippen LogP contribution in [0, 0.1) is 0 Å². The average molecular weight is 613 g/mol. The number of piperidine rings is 3. The fourth-order valence-corrected chi connectivity index (χ4v) is 6.86. The monoisotopic (exact) mass is 612 g/mol. The number of nitrogens with one attached hydrogen (secondary N) is 2. The predicted octanol–water partition coefficient (Wildman–Crippen LogP) is 3.30. The van der Waals surface area contributed by atoms with Crippen LogP contribution in [-0.2, 0) is 9.59 Å². The van der Waals surface area contributed by atoms with Gasteiger partial charge in [0.25, 0.3) is 0 Å². The number of halogens is 1. The van der Waals surface area contributed by atoms with Gasteiger partial charge in [0.2, 0.25) is 11.8 Å². The van der Waals surface area contributed by atoms with Gasteiger partial charge in [-0.25, -0.2) is 14.8 Å². The maximum absolute atomic E-state index is 13.8. The lowest BCUT2D eigenvalue weighted by atomic mass is 9.98. The van der Waals surface area contributed by atoms with E-state index in [0.29, 0.717) is 64.0 Å². The Balaban J connectivity index is 1.18. The third-order valence-electron chi connectivity index (χ3n) is 9.13. The number of carbonyl (C=O) groups excluding carboxylic acids is 3. The van der Waals surface area contributed by atoms with Crippen molar-refractivity contribution in [3.63, 3.8) is 0 Å². The van der Waals surface area contributed by atoms with Crippen molar-refractivity contribution in [3.8, 4) is 0 Å². The van der Waals surface area contributed by atoms with E-state index in [4.69, 9.17) is 11.6 Å². The minimum absolute atomic E-state index is 0.0263. The van der Waals surface area contributed by atoms with Gasteiger partial charge >= 0.3 is 6.03 Å². The van der Waals surface area contributed by atoms with Crippen molar-refractivity contribution in [2.75, 3.05) is 57.7 Å². The van der Waals surface area contributed by atoms with Crippen molar-refractivity contribution in [2.45, 2.75) is 75.9 Å². The van der Waals surface area contributed by atoms with Crippen LogP contribution < -0.4 is 10.6 Å². The Labute approximate surface area is 259 Å². The fraction of sp³-hybridized carbons (Fsp3) is 0.645. The van der Waals surface area contributed by atoms with Gasteiger partial charge in [0.05, 0.1) is 6.42 Å². The highest BCUT2D eigenvalue weighted by Crippen LogP contribution is 2.24. The molecule has 234 valence electrons. The van der Waals surface area contributed by atoms with Crippen LogP contribution >= 0.6 is 11.6 Å². The third kappa shape index (κ3) is 8.69. The molecule has 0 spiro atoms. The highest BCUT2D eigenvalue weighted by atomic mass is 35.5. The van der Waals surface area contributed by atoms with E-state index in [9.17, 15) is 14.4 Å². The Morgan fingerprint density at radius 3 is 2.35 bits per heavy atom. The Hall–Kier alpha value is -3.18. The van der Waals surface area contributed by atoms with Gasteiger partial charge in [-0.15, -0.1) is 0 Å². The fourth-order valence-electron chi connectivity index (χ4n) is 6.71. The number of hydrogen-bond donors (Lipinski definition) is 2. The summed E-state index contributed by atoms with van der Waals surface area (Å²) in [5, 5.41) is 6.43. The third-order valence-corrected chi connectivity index (χ3v) is 9.33. The standard InChI is InChI=1S/C31H45ClN8O3/c32-27-22-28(35-23-34-27)36-26(30(42)39-19-9-24(10-20-39)37-14-6-4-7-15-37)21-29(41)38-17-11-25(12-18-38)40-16-8-3-1-2-5-13-33-31(40)43/h1-3,5,22-26H,4,6-21H2,(H,33,43)(H,34,35,36)/b3-1-,5-2-/t26-/m0/s1. The maximum Gasteiger partial charge on any atom is 0.317 e. The molecule has 0 bridgehead atoms. The Kier molecular flexibility index (Phi) is 11.3. The molecule has 4 amide bonds. The highest BCUT2D eigenvalue weighted by Gasteiger charge is 2.35. The molecule has 4 aliphatic rings. The molecule has 0 aliphatic carbocycles. The Bertz CT molecular complexity index is 1160. The van der Waals surface area contributed by atoms with Crippen molar-refractivity contribution in [1.82, 2.24) is 34.9 Å². The van der Waals surface area contributed by atoms with Crippen LogP contribution in [0.4, 0.5) is 10.6 Å². The van der Waals surface area contributed by atoms with Crippen LogP contribution in [0.1, 0.15) is 57.8 Å². The first kappa shape index (κ1) is 31.3. The molecule has 0 unspecified atom stereocenters. The van der Waals surface area contributed by atoms with E-state index in [1.165, 1.54) is 25.6 Å². The molecule has 3 saturated heterocycles. The summed E-state index contributed by atoms with van der Waals surface area (Å²) in [6, 6.07) is 1.35. The number of aromatic nitrogens is 2. The van der Waals surface area contributed by atoms with Crippen molar-refractivity contribution in [2.24, 2.45) is 0 Å². The Morgan fingerprint density at radius 1 is 0.907 bits per heavy atom. The number of allylic oxidation sites excluding steroid dienone is 2. The van der Waals surface area contributed by atoms with Gasteiger partial charge in [0.15, 0.2) is 0 Å². The number of amides is 4. The van der Waals surface area contributed by atoms with Gasteiger partial charge in [-0.1, -0.05) is 42.3 Å². The number of hydrogen-bond acceptors (Lipinski definition) is 7. The normalized spacial score (nSPS) is 23.7. The summed E-state index contributed by atoms with van der Waals surface area (Å²) in [4.78, 5) is 56.6. The summed E-state index contributed by atoms with van der Waals surface area (Å²) < 4.78 is 0. The zero-order chi connectivity index (χ0) is 30.0. The number of carbonyl (C=O) groups is 3. The SMILES string of the molecule is O=C(C[C@H](Nc1cc(Cl)ncn1)C(=O)N1CCC(N2CCCCC2)CC1)N1CCC(N2CC/C=C\C=C/CNC2=O)CC1. The molecule has 0 radical (unpaired) electrons. The summed E-state index contributed by atoms with van der Waals surface area (Å²) in [7, 11) is 0. The van der Waals surface area contributed by atoms with Crippen LogP contribution in [0.25, 0.3) is 0 Å². The van der Waals surface area contributed by atoms with Gasteiger partial charge < -0.3 is 30.2 Å². The van der Waals surface area contributed by atoms with Crippen LogP contribution in [0.15, 0.2) is 36.7 Å². The highest BCUT2D eigenvalue weighted by molar-refractivity contribution is 6.29. The molecule has 11 nitrogen and oxygen atoms in total. The first-order chi connectivity index (χ1) is 21.0. The zero-order valence-corrected chi connectivity index (χ0v) is 25.8. The number of anilines is 1. The summed E-state index contributed by atoms with van der Waals surface area (Å²) in [6.45, 7) is 5.90. The first-order valence-electron chi connectivity index (χ1n) is 15.9. The quantitative estimate of drug-likeness (QED) is 0.454. The molecule has 4 aliphatic heterocycles. The minimum Gasteiger partial charge on any atom is -0.358 e. The van der Waals surface area contributed by atoms with Gasteiger partial charge in [0, 0.05) is 57.4 Å². The average Bonchev–Trinajstić information content (AvgIpc) is 3.04. The molecular weight excluding hydrogens is 568 g/mol. The molecular formula is C31H45ClN8O3. The second kappa shape index (κ2) is 15.5. The second-order valence-corrected chi connectivity index (χ2v) is 12.3. The van der Waals surface area contributed by atoms with Crippen LogP contribution in [0.3, 0.4) is 0 Å². The molecule has 1 aromatic heterocycles. The summed E-state index contributed by atoms with van der Waals surface area (Å²) >= 11 is 6.09. The van der Waals surface area contributed by atoms with E-state index in [0.717, 1.165) is 32.4 Å². The van der Waals surface area contributed by atoms with E-state index < -0.39 is 6.04 Å². The molecule has 0 aromatic carbocycles. The first-order valence-corrected chi connectivity index (χ1v) is 16.3. The zero-order valence-electron chi connectivity index (χ0n) is 25.0. The lowest BCUT2D eigenvalue weighted by molar-refractivity contribution is -0.139. The van der Waals surface area contributed by atoms with Gasteiger partial charge in [0.1, 0.15) is 23.3 Å². The minimum atomic E-state index is -0.754. The van der Waals surface area contributed by atoms with Crippen molar-refractivity contribution < 1.29 is 14.4 Å². The van der Waals surface area contributed by atoms with Crippen molar-refractivity contribution >= 4 is 35.3 Å². The number of likely N-dealkylation sites (tertiary alicyclic amines) is 3. The van der Waals surface area contributed by atoms with Crippen molar-refractivity contribution in [1.29, 1.82) is 0 Å². The molecule has 43 heavy (non-hydrogen) atoms. The van der Waals surface area contributed by atoms with Crippen LogP contribution in [0.2, 0.25) is 5.15 Å². The molecule has 3 fully saturated rings. The molecule has 1 aromatic rings. The predicted molar refractivity (Wildman–Crippen MR) is 167 cm³/mol. The van der Waals surface area contributed by atoms with Crippen LogP contribution in [0.5, 0.6) is 0 Å². The van der Waals surface area contributed by atoms with Gasteiger partial charge in [-0.05, 0) is 58.0 Å². The second-order valence-electron chi connectivity index (χ2n) is 11.9. The molecule has 2 N–H and O–H groups in total. The van der Waals surface area contributed by atoms with E-state index in [-0.39, 0.29) is 35.5 Å². The van der Waals surface area contributed by atoms with Gasteiger partial charge in [-0.2, -0.15) is 0 Å². The van der Waals surface area contributed by atoms with Crippen LogP contribution in [-0.4, -0.2) is 118 Å². The number of urea groups is 1. The van der Waals surface area contributed by atoms with Crippen molar-refractivity contribution in [3.05, 3.63) is 41.9 Å². The summed E-state index contributed by atoms with van der Waals surface area (Å²) in [6.07, 6.45) is 17.3. The maximum atomic E-state index is 13.8. The summed E-state index contributed by atoms with van der Waals surface area (Å²) in [5.74, 6) is 0.263. The molecule has 5 rings (SSSR count). The molecule has 0 saturated carbocycles. The van der Waals surface area contributed by atoms with E-state index in [1.54, 1.807) is 6.07 Å². The van der Waals surface area contributed by atoms with E-state index in [1.807, 2.05) is 32.9 Å².